The van der Waals surface area contributed by atoms with Crippen LogP contribution in [0.4, 0.5) is 5.69 Å². The summed E-state index contributed by atoms with van der Waals surface area (Å²) >= 11 is 1.01. The lowest BCUT2D eigenvalue weighted by Gasteiger charge is -2.38. The summed E-state index contributed by atoms with van der Waals surface area (Å²) in [5.41, 5.74) is 3.11. The second-order valence-corrected chi connectivity index (χ2v) is 8.40. The fraction of sp³-hybridized carbons (Fsp3) is 0.300. The first kappa shape index (κ1) is 18.5. The number of hydrogen-bond acceptors (Lipinski definition) is 5. The number of amides is 3. The number of allylic oxidation sites excluding steroid dienone is 1. The number of nitrogens with zero attached hydrogens (tertiary/aromatic N) is 2. The van der Waals surface area contributed by atoms with E-state index in [-0.39, 0.29) is 21.9 Å². The monoisotopic (exact) mass is 397 g/mol. The fourth-order valence-electron chi connectivity index (χ4n) is 3.90. The first-order chi connectivity index (χ1) is 13.1. The minimum atomic E-state index is -0.548. The maximum absolute atomic E-state index is 13.5. The van der Waals surface area contributed by atoms with Crippen LogP contribution < -0.4 is 15.0 Å². The van der Waals surface area contributed by atoms with Gasteiger partial charge in [-0.25, -0.2) is 0 Å². The predicted octanol–water partition coefficient (Wildman–Crippen LogP) is 2.71. The zero-order valence-corrected chi connectivity index (χ0v) is 17.0. The third-order valence-corrected chi connectivity index (χ3v) is 5.88. The number of hydrogen-bond donors (Lipinski definition) is 1. The Morgan fingerprint density at radius 3 is 2.57 bits per heavy atom. The number of amidine groups is 1. The van der Waals surface area contributed by atoms with E-state index in [9.17, 15) is 14.4 Å². The van der Waals surface area contributed by atoms with Crippen LogP contribution >= 0.6 is 11.8 Å². The molecule has 1 N–H and O–H groups in total. The van der Waals surface area contributed by atoms with Crippen molar-refractivity contribution in [3.8, 4) is 5.75 Å². The van der Waals surface area contributed by atoms with Crippen LogP contribution in [0.15, 0.2) is 28.1 Å². The Morgan fingerprint density at radius 1 is 1.25 bits per heavy atom. The van der Waals surface area contributed by atoms with Gasteiger partial charge >= 0.3 is 0 Å². The first-order valence-corrected chi connectivity index (χ1v) is 9.55. The molecule has 0 fully saturated rings. The molecule has 28 heavy (non-hydrogen) atoms. The highest BCUT2D eigenvalue weighted by atomic mass is 32.2. The molecule has 3 amide bonds. The van der Waals surface area contributed by atoms with Gasteiger partial charge < -0.3 is 10.1 Å². The molecule has 0 saturated carbocycles. The van der Waals surface area contributed by atoms with Gasteiger partial charge in [0.15, 0.2) is 5.17 Å². The highest BCUT2D eigenvalue weighted by Crippen LogP contribution is 2.52. The van der Waals surface area contributed by atoms with Crippen molar-refractivity contribution in [3.05, 3.63) is 34.2 Å². The average molecular weight is 397 g/mol. The second kappa shape index (κ2) is 6.07. The summed E-state index contributed by atoms with van der Waals surface area (Å²) in [4.78, 5) is 43.1. The maximum Gasteiger partial charge on any atom is 0.287 e. The van der Waals surface area contributed by atoms with Crippen molar-refractivity contribution >= 4 is 51.5 Å². The van der Waals surface area contributed by atoms with E-state index >= 15 is 0 Å². The molecule has 3 aliphatic rings. The van der Waals surface area contributed by atoms with E-state index in [4.69, 9.17) is 4.74 Å². The summed E-state index contributed by atoms with van der Waals surface area (Å²) in [7, 11) is 1.56. The van der Waals surface area contributed by atoms with E-state index in [1.807, 2.05) is 32.9 Å². The van der Waals surface area contributed by atoms with Crippen LogP contribution in [0.5, 0.6) is 5.75 Å². The standard InChI is InChI=1S/C20H19N3O4S/c1-9-8-20(3,4)23-15-12(9)6-11(27-5)7-13(15)14(18(23)26)16-17(25)22-19(28-16)21-10(2)24/h6-8H,1-5H3,(H,21,22,24,25)/b16-14+. The van der Waals surface area contributed by atoms with Crippen LogP contribution in [0, 0.1) is 0 Å². The summed E-state index contributed by atoms with van der Waals surface area (Å²) in [5, 5.41) is 2.70. The third-order valence-electron chi connectivity index (χ3n) is 4.91. The molecule has 7 nitrogen and oxygen atoms in total. The van der Waals surface area contributed by atoms with Gasteiger partial charge in [-0.15, -0.1) is 0 Å². The molecule has 0 atom stereocenters. The molecule has 3 heterocycles. The van der Waals surface area contributed by atoms with Crippen molar-refractivity contribution in [2.75, 3.05) is 12.0 Å². The van der Waals surface area contributed by atoms with E-state index in [2.05, 4.69) is 10.3 Å². The van der Waals surface area contributed by atoms with Gasteiger partial charge in [0, 0.05) is 18.1 Å². The molecule has 0 aliphatic carbocycles. The smallest absolute Gasteiger partial charge is 0.287 e. The predicted molar refractivity (Wildman–Crippen MR) is 109 cm³/mol. The van der Waals surface area contributed by atoms with E-state index in [1.54, 1.807) is 18.1 Å². The minimum absolute atomic E-state index is 0.180. The summed E-state index contributed by atoms with van der Waals surface area (Å²) in [6, 6.07) is 3.68. The van der Waals surface area contributed by atoms with Crippen molar-refractivity contribution in [2.24, 2.45) is 4.99 Å². The Kier molecular flexibility index (Phi) is 4.01. The number of aliphatic imine (C=N–C) groups is 1. The van der Waals surface area contributed by atoms with Crippen molar-refractivity contribution in [2.45, 2.75) is 33.2 Å². The van der Waals surface area contributed by atoms with Gasteiger partial charge in [0.05, 0.1) is 28.8 Å². The van der Waals surface area contributed by atoms with Gasteiger partial charge in [-0.2, -0.15) is 4.99 Å². The molecular formula is C20H19N3O4S. The van der Waals surface area contributed by atoms with Crippen molar-refractivity contribution in [3.63, 3.8) is 0 Å². The van der Waals surface area contributed by atoms with Crippen molar-refractivity contribution < 1.29 is 19.1 Å². The van der Waals surface area contributed by atoms with E-state index in [0.717, 1.165) is 28.6 Å². The number of ether oxygens (including phenoxy) is 1. The van der Waals surface area contributed by atoms with Gasteiger partial charge in [0.1, 0.15) is 5.75 Å². The maximum atomic E-state index is 13.5. The van der Waals surface area contributed by atoms with Crippen LogP contribution in [-0.2, 0) is 14.4 Å². The van der Waals surface area contributed by atoms with E-state index in [0.29, 0.717) is 16.9 Å². The van der Waals surface area contributed by atoms with Gasteiger partial charge in [-0.3, -0.25) is 19.3 Å². The highest BCUT2D eigenvalue weighted by Gasteiger charge is 2.47. The lowest BCUT2D eigenvalue weighted by Crippen LogP contribution is -2.46. The Labute approximate surface area is 166 Å². The molecule has 1 aromatic rings. The number of carbonyl (C=O) groups is 3. The zero-order valence-electron chi connectivity index (χ0n) is 16.2. The van der Waals surface area contributed by atoms with Gasteiger partial charge in [-0.05, 0) is 50.2 Å². The lowest BCUT2D eigenvalue weighted by atomic mass is 9.89. The van der Waals surface area contributed by atoms with Crippen LogP contribution in [0.25, 0.3) is 11.1 Å². The molecule has 0 spiro atoms. The number of anilines is 1. The molecule has 8 heteroatoms. The fourth-order valence-corrected chi connectivity index (χ4v) is 4.85. The van der Waals surface area contributed by atoms with E-state index in [1.165, 1.54) is 6.92 Å². The van der Waals surface area contributed by atoms with Gasteiger partial charge in [0.25, 0.3) is 11.8 Å². The lowest BCUT2D eigenvalue weighted by molar-refractivity contribution is -0.117. The highest BCUT2D eigenvalue weighted by molar-refractivity contribution is 8.18. The van der Waals surface area contributed by atoms with Crippen LogP contribution in [0.3, 0.4) is 0 Å². The summed E-state index contributed by atoms with van der Waals surface area (Å²) in [5.74, 6) is -0.510. The van der Waals surface area contributed by atoms with Gasteiger partial charge in [0.2, 0.25) is 5.91 Å². The van der Waals surface area contributed by atoms with E-state index < -0.39 is 11.4 Å². The quantitative estimate of drug-likeness (QED) is 0.736. The normalized spacial score (nSPS) is 22.1. The third kappa shape index (κ3) is 2.59. The SMILES string of the molecule is COc1cc2c3c(c1)/C(=C1\SC(NC(C)=O)=NC1=O)C(=O)N3C(C)(C)C=C2C. The number of rotatable bonds is 1. The van der Waals surface area contributed by atoms with Crippen LogP contribution in [0.1, 0.15) is 38.8 Å². The molecule has 1 aromatic carbocycles. The molecule has 3 aliphatic heterocycles. The Morgan fingerprint density at radius 2 is 1.93 bits per heavy atom. The topological polar surface area (TPSA) is 88.1 Å². The molecule has 0 bridgehead atoms. The minimum Gasteiger partial charge on any atom is -0.497 e. The van der Waals surface area contributed by atoms with Crippen molar-refractivity contribution in [1.29, 1.82) is 0 Å². The molecule has 0 radical (unpaired) electrons. The molecule has 144 valence electrons. The number of carbonyl (C=O) groups excluding carboxylic acids is 3. The number of nitrogens with one attached hydrogen (secondary N) is 1. The van der Waals surface area contributed by atoms with Gasteiger partial charge in [-0.1, -0.05) is 6.08 Å². The zero-order chi connectivity index (χ0) is 20.4. The molecular weight excluding hydrogens is 378 g/mol. The first-order valence-electron chi connectivity index (χ1n) is 8.73. The largest absolute Gasteiger partial charge is 0.497 e. The summed E-state index contributed by atoms with van der Waals surface area (Å²) in [6.45, 7) is 7.26. The molecule has 4 rings (SSSR count). The molecule has 0 unspecified atom stereocenters. The number of benzene rings is 1. The van der Waals surface area contributed by atoms with Crippen LogP contribution in [-0.4, -0.2) is 35.5 Å². The average Bonchev–Trinajstić information content (AvgIpc) is 3.08. The number of thioether (sulfide) groups is 1. The Bertz CT molecular complexity index is 1070. The summed E-state index contributed by atoms with van der Waals surface area (Å²) in [6.07, 6.45) is 2.03. The number of methoxy groups -OCH3 is 1. The second-order valence-electron chi connectivity index (χ2n) is 7.40. The Balaban J connectivity index is 1.95. The Hall–Kier alpha value is -2.87. The summed E-state index contributed by atoms with van der Waals surface area (Å²) < 4.78 is 5.43. The molecule has 0 aromatic heterocycles. The molecule has 0 saturated heterocycles. The van der Waals surface area contributed by atoms with Crippen LogP contribution in [0.2, 0.25) is 0 Å². The van der Waals surface area contributed by atoms with Crippen molar-refractivity contribution in [1.82, 2.24) is 5.32 Å².